The zero-order valence-corrected chi connectivity index (χ0v) is 40.4. The number of aliphatic hydroxyl groups excluding tert-OH is 2. The zero-order chi connectivity index (χ0) is 50.7. The number of nitrogens with one attached hydrogen (secondary N) is 2. The largest absolute Gasteiger partial charge is 0.465 e. The van der Waals surface area contributed by atoms with Gasteiger partial charge in [-0.05, 0) is 66.2 Å². The van der Waals surface area contributed by atoms with E-state index in [0.717, 1.165) is 5.56 Å². The fourth-order valence-electron chi connectivity index (χ4n) is 8.08. The van der Waals surface area contributed by atoms with Crippen LogP contribution in [0.25, 0.3) is 0 Å². The molecule has 70 heavy (non-hydrogen) atoms. The SMILES string of the molecule is CC(C)C(N)C(=O)OCCCC(=O)OC1CCCC1NC(=O)C(OCc1ccccc1)C(O)C(O)C(OCc1ccccc1)C(=O)NC1c2ccccc2CC1OC(=O)CCCOC(=O)C(N)C(C)C. The topological polar surface area (TPSA) is 274 Å². The van der Waals surface area contributed by atoms with Crippen molar-refractivity contribution < 1.29 is 67.4 Å². The third-order valence-corrected chi connectivity index (χ3v) is 12.4. The van der Waals surface area contributed by atoms with Crippen molar-refractivity contribution in [1.29, 1.82) is 0 Å². The van der Waals surface area contributed by atoms with Crippen molar-refractivity contribution in [3.63, 3.8) is 0 Å². The highest BCUT2D eigenvalue weighted by atomic mass is 16.6. The molecule has 0 radical (unpaired) electrons. The van der Waals surface area contributed by atoms with Crippen LogP contribution in [0.15, 0.2) is 84.9 Å². The Morgan fingerprint density at radius 1 is 0.614 bits per heavy atom. The van der Waals surface area contributed by atoms with E-state index >= 15 is 0 Å². The molecule has 0 aromatic heterocycles. The molecule has 10 unspecified atom stereocenters. The van der Waals surface area contributed by atoms with Crippen molar-refractivity contribution in [2.24, 2.45) is 23.3 Å². The average Bonchev–Trinajstić information content (AvgIpc) is 3.93. The molecule has 0 spiro atoms. The van der Waals surface area contributed by atoms with E-state index in [9.17, 15) is 39.0 Å². The van der Waals surface area contributed by atoms with E-state index in [1.165, 1.54) is 0 Å². The van der Waals surface area contributed by atoms with Gasteiger partial charge in [0.15, 0.2) is 12.2 Å². The lowest BCUT2D eigenvalue weighted by Gasteiger charge is -2.33. The van der Waals surface area contributed by atoms with Crippen LogP contribution in [-0.4, -0.2) is 114 Å². The molecule has 2 amide bonds. The molecule has 10 atom stereocenters. The van der Waals surface area contributed by atoms with Gasteiger partial charge in [-0.1, -0.05) is 113 Å². The number of rotatable bonds is 27. The van der Waals surface area contributed by atoms with Gasteiger partial charge in [-0.15, -0.1) is 0 Å². The predicted molar refractivity (Wildman–Crippen MR) is 255 cm³/mol. The molecule has 2 aliphatic rings. The molecule has 382 valence electrons. The number of aliphatic hydroxyl groups is 2. The van der Waals surface area contributed by atoms with Gasteiger partial charge in [0.2, 0.25) is 0 Å². The molecule has 0 saturated heterocycles. The lowest BCUT2D eigenvalue weighted by Crippen LogP contribution is -2.58. The maximum absolute atomic E-state index is 14.5. The number of amides is 2. The van der Waals surface area contributed by atoms with Crippen LogP contribution in [0.2, 0.25) is 0 Å². The molecule has 18 nitrogen and oxygen atoms in total. The van der Waals surface area contributed by atoms with Crippen molar-refractivity contribution in [2.75, 3.05) is 13.2 Å². The minimum absolute atomic E-state index is 0.0215. The Kier molecular flexibility index (Phi) is 21.7. The summed E-state index contributed by atoms with van der Waals surface area (Å²) < 4.78 is 34.3. The van der Waals surface area contributed by atoms with Gasteiger partial charge in [0.1, 0.15) is 36.5 Å². The molecule has 5 rings (SSSR count). The first-order valence-corrected chi connectivity index (χ1v) is 24.1. The number of esters is 4. The molecular formula is C52H70N4O14. The second-order valence-electron chi connectivity index (χ2n) is 18.5. The first-order valence-electron chi connectivity index (χ1n) is 24.1. The zero-order valence-electron chi connectivity index (χ0n) is 40.4. The van der Waals surface area contributed by atoms with Crippen molar-refractivity contribution in [1.82, 2.24) is 10.6 Å². The predicted octanol–water partition coefficient (Wildman–Crippen LogP) is 3.40. The first-order chi connectivity index (χ1) is 33.5. The lowest BCUT2D eigenvalue weighted by atomic mass is 9.99. The van der Waals surface area contributed by atoms with E-state index in [1.54, 1.807) is 100 Å². The quantitative estimate of drug-likeness (QED) is 0.0363. The van der Waals surface area contributed by atoms with Crippen LogP contribution in [0.3, 0.4) is 0 Å². The Bertz CT molecular complexity index is 2160. The maximum Gasteiger partial charge on any atom is 0.323 e. The molecule has 3 aromatic carbocycles. The fourth-order valence-corrected chi connectivity index (χ4v) is 8.08. The van der Waals surface area contributed by atoms with Gasteiger partial charge < -0.3 is 60.7 Å². The number of carbonyl (C=O) groups is 6. The van der Waals surface area contributed by atoms with Crippen LogP contribution in [-0.2, 0) is 76.8 Å². The Morgan fingerprint density at radius 3 is 1.57 bits per heavy atom. The van der Waals surface area contributed by atoms with Gasteiger partial charge >= 0.3 is 23.9 Å². The summed E-state index contributed by atoms with van der Waals surface area (Å²) in [7, 11) is 0. The molecule has 18 heteroatoms. The van der Waals surface area contributed by atoms with E-state index in [-0.39, 0.29) is 70.4 Å². The van der Waals surface area contributed by atoms with Crippen LogP contribution < -0.4 is 22.1 Å². The third kappa shape index (κ3) is 16.4. The van der Waals surface area contributed by atoms with Gasteiger partial charge in [-0.2, -0.15) is 0 Å². The van der Waals surface area contributed by atoms with Crippen LogP contribution in [0, 0.1) is 11.8 Å². The van der Waals surface area contributed by atoms with Crippen LogP contribution in [0.5, 0.6) is 0 Å². The van der Waals surface area contributed by atoms with Gasteiger partial charge in [-0.25, -0.2) is 0 Å². The molecule has 1 fully saturated rings. The summed E-state index contributed by atoms with van der Waals surface area (Å²) in [4.78, 5) is 79.2. The van der Waals surface area contributed by atoms with E-state index in [1.807, 2.05) is 12.1 Å². The summed E-state index contributed by atoms with van der Waals surface area (Å²) in [6.45, 7) is 6.78. The molecule has 2 aliphatic carbocycles. The van der Waals surface area contributed by atoms with Gasteiger partial charge in [-0.3, -0.25) is 28.8 Å². The van der Waals surface area contributed by atoms with Crippen molar-refractivity contribution in [3.05, 3.63) is 107 Å². The number of carbonyl (C=O) groups excluding carboxylic acids is 6. The van der Waals surface area contributed by atoms with Gasteiger partial charge in [0, 0.05) is 19.3 Å². The summed E-state index contributed by atoms with van der Waals surface area (Å²) in [5.74, 6) is -4.21. The minimum atomic E-state index is -2.07. The van der Waals surface area contributed by atoms with Crippen molar-refractivity contribution in [3.8, 4) is 0 Å². The standard InChI is InChI=1S/C52H70N4O14/c1-31(2)42(53)51(63)65-26-14-24-40(57)69-38-23-13-22-37(38)55-49(61)47(67-29-33-16-7-5-8-17-33)45(59)46(60)48(68-30-34-18-9-6-10-19-34)50(62)56-44-36-21-12-11-20-35(36)28-39(44)70-41(58)25-15-27-66-52(64)43(54)32(3)4/h5-12,16-21,31-32,37-39,42-48,59-60H,13-15,22-30,53-54H2,1-4H3,(H,55,61)(H,56,62). The second kappa shape index (κ2) is 27.6. The Balaban J connectivity index is 1.30. The van der Waals surface area contributed by atoms with E-state index in [4.69, 9.17) is 39.9 Å². The number of nitrogens with two attached hydrogens (primary N) is 2. The Labute approximate surface area is 409 Å². The van der Waals surface area contributed by atoms with E-state index < -0.39 is 96.5 Å². The van der Waals surface area contributed by atoms with Crippen LogP contribution in [0.4, 0.5) is 0 Å². The second-order valence-corrected chi connectivity index (χ2v) is 18.5. The monoisotopic (exact) mass is 974 g/mol. The molecule has 8 N–H and O–H groups in total. The first kappa shape index (κ1) is 55.2. The van der Waals surface area contributed by atoms with Crippen molar-refractivity contribution >= 4 is 35.7 Å². The van der Waals surface area contributed by atoms with Gasteiger partial charge in [0.25, 0.3) is 11.8 Å². The number of hydrogen-bond acceptors (Lipinski definition) is 16. The highest BCUT2D eigenvalue weighted by Gasteiger charge is 2.45. The maximum atomic E-state index is 14.5. The summed E-state index contributed by atoms with van der Waals surface area (Å²) in [6, 6.07) is 21.7. The Hall–Kier alpha value is -5.76. The van der Waals surface area contributed by atoms with Crippen LogP contribution >= 0.6 is 0 Å². The molecule has 0 aliphatic heterocycles. The molecule has 3 aromatic rings. The smallest absolute Gasteiger partial charge is 0.323 e. The molecule has 0 heterocycles. The number of ether oxygens (including phenoxy) is 6. The molecule has 0 bridgehead atoms. The average molecular weight is 975 g/mol. The van der Waals surface area contributed by atoms with Crippen molar-refractivity contribution in [2.45, 2.75) is 153 Å². The number of benzene rings is 3. The van der Waals surface area contributed by atoms with E-state index in [2.05, 4.69) is 10.6 Å². The third-order valence-electron chi connectivity index (χ3n) is 12.4. The highest BCUT2D eigenvalue weighted by molar-refractivity contribution is 5.84. The van der Waals surface area contributed by atoms with Crippen LogP contribution in [0.1, 0.15) is 101 Å². The summed E-state index contributed by atoms with van der Waals surface area (Å²) >= 11 is 0. The number of hydrogen-bond donors (Lipinski definition) is 6. The summed E-state index contributed by atoms with van der Waals surface area (Å²) in [6.07, 6.45) is -7.34. The van der Waals surface area contributed by atoms with E-state index in [0.29, 0.717) is 36.0 Å². The minimum Gasteiger partial charge on any atom is -0.465 e. The Morgan fingerprint density at radius 2 is 1.07 bits per heavy atom. The summed E-state index contributed by atoms with van der Waals surface area (Å²) in [5, 5.41) is 29.8. The molecule has 1 saturated carbocycles. The summed E-state index contributed by atoms with van der Waals surface area (Å²) in [5.41, 5.74) is 14.5. The lowest BCUT2D eigenvalue weighted by molar-refractivity contribution is -0.172. The fraction of sp³-hybridized carbons (Fsp3) is 0.538. The molecular weight excluding hydrogens is 905 g/mol. The normalized spacial score (nSPS) is 20.0. The number of fused-ring (bicyclic) bond motifs is 1. The van der Waals surface area contributed by atoms with Gasteiger partial charge in [0.05, 0.1) is 38.5 Å². The highest BCUT2D eigenvalue weighted by Crippen LogP contribution is 2.34.